The summed E-state index contributed by atoms with van der Waals surface area (Å²) in [6.07, 6.45) is -0.108. The fourth-order valence-electron chi connectivity index (χ4n) is 5.46. The van der Waals surface area contributed by atoms with Crippen molar-refractivity contribution in [1.29, 1.82) is 0 Å². The van der Waals surface area contributed by atoms with E-state index in [0.29, 0.717) is 29.1 Å². The Hall–Kier alpha value is -3.58. The molecule has 14 heteroatoms. The van der Waals surface area contributed by atoms with Crippen LogP contribution in [0, 0.1) is 11.8 Å². The molecule has 2 atom stereocenters. The summed E-state index contributed by atoms with van der Waals surface area (Å²) >= 11 is 0. The van der Waals surface area contributed by atoms with Crippen LogP contribution in [0.25, 0.3) is 5.65 Å². The maximum absolute atomic E-state index is 14.0. The number of rotatable bonds is 10. The van der Waals surface area contributed by atoms with Crippen molar-refractivity contribution in [3.05, 3.63) is 47.7 Å². The van der Waals surface area contributed by atoms with Crippen LogP contribution in [0.2, 0.25) is 0 Å². The molecule has 0 spiro atoms. The van der Waals surface area contributed by atoms with Crippen molar-refractivity contribution in [3.63, 3.8) is 0 Å². The predicted molar refractivity (Wildman–Crippen MR) is 137 cm³/mol. The number of nitrogens with zero attached hydrogens (tertiary/aromatic N) is 5. The number of carbonyl (C=O) groups excluding carboxylic acids is 2. The molecule has 2 amide bonds. The zero-order chi connectivity index (χ0) is 29.4. The highest BCUT2D eigenvalue weighted by molar-refractivity contribution is 5.92. The van der Waals surface area contributed by atoms with Gasteiger partial charge in [-0.2, -0.15) is 23.4 Å². The summed E-state index contributed by atoms with van der Waals surface area (Å²) < 4.78 is 68.7. The van der Waals surface area contributed by atoms with Gasteiger partial charge in [-0.05, 0) is 62.1 Å². The average Bonchev–Trinajstić information content (AvgIpc) is 3.48. The zero-order valence-electron chi connectivity index (χ0n) is 22.5. The van der Waals surface area contributed by atoms with E-state index in [4.69, 9.17) is 0 Å². The molecule has 3 aromatic heterocycles. The maximum Gasteiger partial charge on any atom is 0.389 e. The molecule has 41 heavy (non-hydrogen) atoms. The van der Waals surface area contributed by atoms with Crippen LogP contribution in [0.4, 0.5) is 22.0 Å². The summed E-state index contributed by atoms with van der Waals surface area (Å²) in [4.78, 5) is 30.2. The van der Waals surface area contributed by atoms with E-state index in [2.05, 4.69) is 25.8 Å². The van der Waals surface area contributed by atoms with Crippen molar-refractivity contribution in [2.24, 2.45) is 11.8 Å². The maximum atomic E-state index is 14.0. The molecule has 9 nitrogen and oxygen atoms in total. The van der Waals surface area contributed by atoms with E-state index < -0.39 is 48.8 Å². The summed E-state index contributed by atoms with van der Waals surface area (Å²) in [5.74, 6) is -4.03. The van der Waals surface area contributed by atoms with Gasteiger partial charge in [-0.15, -0.1) is 0 Å². The smallest absolute Gasteiger partial charge is 0.349 e. The second-order valence-electron chi connectivity index (χ2n) is 10.9. The van der Waals surface area contributed by atoms with E-state index in [-0.39, 0.29) is 37.5 Å². The van der Waals surface area contributed by atoms with Gasteiger partial charge in [0.05, 0.1) is 36.6 Å². The molecule has 3 aromatic rings. The van der Waals surface area contributed by atoms with Gasteiger partial charge in [0, 0.05) is 32.0 Å². The number of amides is 2. The first kappa shape index (κ1) is 28.9. The minimum absolute atomic E-state index is 0.0860. The molecule has 0 aliphatic heterocycles. The Morgan fingerprint density at radius 2 is 1.78 bits per heavy atom. The molecule has 0 aromatic carbocycles. The zero-order valence-corrected chi connectivity index (χ0v) is 22.5. The topological polar surface area (TPSA) is 106 Å². The third-order valence-electron chi connectivity index (χ3n) is 7.85. The lowest BCUT2D eigenvalue weighted by Gasteiger charge is -2.33. The lowest BCUT2D eigenvalue weighted by molar-refractivity contribution is -0.144. The van der Waals surface area contributed by atoms with Gasteiger partial charge in [-0.3, -0.25) is 14.3 Å². The van der Waals surface area contributed by atoms with Gasteiger partial charge in [0.25, 0.3) is 5.91 Å². The number of aryl methyl sites for hydroxylation is 1. The second kappa shape index (κ2) is 11.4. The van der Waals surface area contributed by atoms with Gasteiger partial charge >= 0.3 is 6.18 Å². The number of nitrogens with one attached hydrogen (secondary N) is 2. The fourth-order valence-corrected chi connectivity index (χ4v) is 5.46. The molecule has 222 valence electrons. The molecular formula is C27H32F5N7O2. The summed E-state index contributed by atoms with van der Waals surface area (Å²) in [6, 6.07) is 2.14. The molecule has 0 bridgehead atoms. The van der Waals surface area contributed by atoms with Crippen molar-refractivity contribution >= 4 is 17.5 Å². The van der Waals surface area contributed by atoms with Crippen molar-refractivity contribution in [3.8, 4) is 0 Å². The van der Waals surface area contributed by atoms with Crippen LogP contribution in [0.5, 0.6) is 0 Å². The van der Waals surface area contributed by atoms with Gasteiger partial charge in [-0.25, -0.2) is 18.3 Å². The summed E-state index contributed by atoms with van der Waals surface area (Å²) in [5.41, 5.74) is 1.82. The summed E-state index contributed by atoms with van der Waals surface area (Å²) in [6.45, 7) is 2.33. The van der Waals surface area contributed by atoms with Gasteiger partial charge in [-0.1, -0.05) is 0 Å². The van der Waals surface area contributed by atoms with Crippen molar-refractivity contribution in [2.75, 3.05) is 0 Å². The number of alkyl halides is 5. The monoisotopic (exact) mass is 581 g/mol. The van der Waals surface area contributed by atoms with E-state index in [0.717, 1.165) is 12.8 Å². The van der Waals surface area contributed by atoms with Gasteiger partial charge in [0.2, 0.25) is 11.8 Å². The lowest BCUT2D eigenvalue weighted by Crippen LogP contribution is -2.38. The highest BCUT2D eigenvalue weighted by Gasteiger charge is 2.40. The third kappa shape index (κ3) is 7.02. The molecule has 3 heterocycles. The first-order chi connectivity index (χ1) is 19.4. The van der Waals surface area contributed by atoms with E-state index in [1.807, 2.05) is 6.92 Å². The highest BCUT2D eigenvalue weighted by atomic mass is 19.4. The summed E-state index contributed by atoms with van der Waals surface area (Å²) in [5, 5.41) is 14.3. The fraction of sp³-hybridized carbons (Fsp3) is 0.593. The Balaban J connectivity index is 1.40. The number of halogens is 5. The van der Waals surface area contributed by atoms with Crippen LogP contribution in [0.15, 0.2) is 30.7 Å². The molecule has 5 rings (SSSR count). The Bertz CT molecular complexity index is 1390. The van der Waals surface area contributed by atoms with E-state index >= 15 is 0 Å². The van der Waals surface area contributed by atoms with Crippen LogP contribution in [-0.4, -0.2) is 48.3 Å². The van der Waals surface area contributed by atoms with Gasteiger partial charge in [0.15, 0.2) is 5.65 Å². The van der Waals surface area contributed by atoms with E-state index in [9.17, 15) is 31.5 Å². The van der Waals surface area contributed by atoms with Crippen molar-refractivity contribution in [1.82, 2.24) is 35.0 Å². The lowest BCUT2D eigenvalue weighted by atomic mass is 9.81. The Morgan fingerprint density at radius 3 is 2.44 bits per heavy atom. The van der Waals surface area contributed by atoms with Crippen LogP contribution >= 0.6 is 0 Å². The number of hydrogen-bond donors (Lipinski definition) is 2. The van der Waals surface area contributed by atoms with Gasteiger partial charge < -0.3 is 10.6 Å². The number of hydrogen-bond acceptors (Lipinski definition) is 5. The molecule has 2 aliphatic carbocycles. The molecular weight excluding hydrogens is 549 g/mol. The van der Waals surface area contributed by atoms with Crippen LogP contribution in [0.3, 0.4) is 0 Å². The van der Waals surface area contributed by atoms with Crippen LogP contribution in [0.1, 0.15) is 92.1 Å². The number of carbonyl (C=O) groups is 2. The van der Waals surface area contributed by atoms with Crippen molar-refractivity contribution in [2.45, 2.75) is 89.0 Å². The normalized spacial score (nSPS) is 19.2. The standard InChI is InChI=1S/C27H32F5N7O2/c1-2-38-20(8-12-33-38)25(41)37-24(17-5-9-26(28,29)10-6-17)19-15-39-21(35-19)13-18(14-34-39)23(16-3-4-16)36-22(40)7-11-27(30,31)32/h8,12-17,23-24H,2-7,9-11H2,1H3,(H,36,40)(H,37,41)/t23-,24+/m1/s1. The molecule has 0 radical (unpaired) electrons. The number of aromatic nitrogens is 5. The Kier molecular flexibility index (Phi) is 8.02. The minimum Gasteiger partial charge on any atom is -0.349 e. The largest absolute Gasteiger partial charge is 0.389 e. The molecule has 0 saturated heterocycles. The van der Waals surface area contributed by atoms with Gasteiger partial charge in [0.1, 0.15) is 5.69 Å². The molecule has 2 fully saturated rings. The minimum atomic E-state index is -4.42. The quantitative estimate of drug-likeness (QED) is 0.322. The molecule has 2 saturated carbocycles. The highest BCUT2D eigenvalue weighted by Crippen LogP contribution is 2.43. The first-order valence-electron chi connectivity index (χ1n) is 13.8. The van der Waals surface area contributed by atoms with Crippen LogP contribution < -0.4 is 10.6 Å². The van der Waals surface area contributed by atoms with E-state index in [1.165, 1.54) is 10.7 Å². The second-order valence-corrected chi connectivity index (χ2v) is 10.9. The number of fused-ring (bicyclic) bond motifs is 1. The van der Waals surface area contributed by atoms with E-state index in [1.54, 1.807) is 29.2 Å². The van der Waals surface area contributed by atoms with Crippen LogP contribution in [-0.2, 0) is 11.3 Å². The summed E-state index contributed by atoms with van der Waals surface area (Å²) in [7, 11) is 0. The third-order valence-corrected chi connectivity index (χ3v) is 7.85. The Morgan fingerprint density at radius 1 is 1.07 bits per heavy atom. The molecule has 0 unspecified atom stereocenters. The molecule has 2 N–H and O–H groups in total. The average molecular weight is 582 g/mol. The predicted octanol–water partition coefficient (Wildman–Crippen LogP) is 5.15. The first-order valence-corrected chi connectivity index (χ1v) is 13.8. The Labute approximate surface area is 232 Å². The van der Waals surface area contributed by atoms with Crippen molar-refractivity contribution < 1.29 is 31.5 Å². The SMILES string of the molecule is CCn1nccc1C(=O)N[C@H](c1cn2ncc([C@H](NC(=O)CCC(F)(F)F)C3CC3)cc2n1)C1CCC(F)(F)CC1. The molecule has 2 aliphatic rings. The number of imidazole rings is 1.